The Bertz CT molecular complexity index is 974. The van der Waals surface area contributed by atoms with Crippen LogP contribution in [0.5, 0.6) is 0 Å². The fourth-order valence-electron chi connectivity index (χ4n) is 3.35. The first-order valence-corrected chi connectivity index (χ1v) is 9.80. The van der Waals surface area contributed by atoms with Gasteiger partial charge in [0, 0.05) is 25.1 Å². The van der Waals surface area contributed by atoms with Gasteiger partial charge < -0.3 is 4.90 Å². The largest absolute Gasteiger partial charge is 0.416 e. The Morgan fingerprint density at radius 1 is 1.06 bits per heavy atom. The molecule has 0 spiro atoms. The molecule has 2 aromatic rings. The maximum Gasteiger partial charge on any atom is 0.416 e. The number of likely N-dealkylation sites (tertiary alicyclic amines) is 1. The number of hydrogen-bond acceptors (Lipinski definition) is 3. The van der Waals surface area contributed by atoms with E-state index in [0.29, 0.717) is 11.1 Å². The average molecular weight is 433 g/mol. The first-order chi connectivity index (χ1) is 14.7. The Morgan fingerprint density at radius 2 is 1.77 bits per heavy atom. The van der Waals surface area contributed by atoms with Gasteiger partial charge in [-0.3, -0.25) is 25.2 Å². The van der Waals surface area contributed by atoms with E-state index in [-0.39, 0.29) is 25.4 Å². The van der Waals surface area contributed by atoms with E-state index in [2.05, 4.69) is 10.9 Å². The van der Waals surface area contributed by atoms with E-state index in [1.807, 2.05) is 19.1 Å². The normalized spacial score (nSPS) is 16.3. The van der Waals surface area contributed by atoms with Gasteiger partial charge in [-0.2, -0.15) is 13.2 Å². The summed E-state index contributed by atoms with van der Waals surface area (Å²) in [4.78, 5) is 38.1. The van der Waals surface area contributed by atoms with Crippen molar-refractivity contribution in [2.45, 2.75) is 32.5 Å². The first-order valence-electron chi connectivity index (χ1n) is 9.80. The second kappa shape index (κ2) is 9.20. The highest BCUT2D eigenvalue weighted by atomic mass is 19.4. The zero-order valence-electron chi connectivity index (χ0n) is 16.8. The highest BCUT2D eigenvalue weighted by Crippen LogP contribution is 2.30. The molecule has 2 aromatic carbocycles. The summed E-state index contributed by atoms with van der Waals surface area (Å²) in [5.74, 6) is -2.06. The zero-order chi connectivity index (χ0) is 22.6. The molecule has 0 aromatic heterocycles. The van der Waals surface area contributed by atoms with Crippen molar-refractivity contribution in [3.8, 4) is 0 Å². The average Bonchev–Trinajstić information content (AvgIpc) is 3.11. The van der Waals surface area contributed by atoms with Crippen molar-refractivity contribution in [2.24, 2.45) is 5.92 Å². The Morgan fingerprint density at radius 3 is 2.42 bits per heavy atom. The summed E-state index contributed by atoms with van der Waals surface area (Å²) in [6, 6.07) is 11.7. The predicted molar refractivity (Wildman–Crippen MR) is 106 cm³/mol. The molecule has 1 fully saturated rings. The molecular formula is C22H22F3N3O3. The zero-order valence-corrected chi connectivity index (χ0v) is 16.8. The minimum absolute atomic E-state index is 0.0251. The Labute approximate surface area is 177 Å². The molecule has 1 saturated heterocycles. The minimum atomic E-state index is -4.47. The van der Waals surface area contributed by atoms with Crippen molar-refractivity contribution in [2.75, 3.05) is 6.54 Å². The quantitative estimate of drug-likeness (QED) is 0.712. The third-order valence-corrected chi connectivity index (χ3v) is 5.14. The van der Waals surface area contributed by atoms with E-state index >= 15 is 0 Å². The Balaban J connectivity index is 1.54. The fourth-order valence-corrected chi connectivity index (χ4v) is 3.35. The highest BCUT2D eigenvalue weighted by Gasteiger charge is 2.35. The standard InChI is InChI=1S/C22H22F3N3O3/c1-2-14-6-8-16(9-7-14)20(30)26-27-21(31)17-11-19(29)28(13-17)12-15-4-3-5-18(10-15)22(23,24)25/h3-10,17H,2,11-13H2,1H3,(H,26,30)(H,27,31). The molecule has 1 heterocycles. The van der Waals surface area contributed by atoms with Gasteiger partial charge in [-0.05, 0) is 41.8 Å². The Kier molecular flexibility index (Phi) is 6.62. The van der Waals surface area contributed by atoms with Gasteiger partial charge in [-0.25, -0.2) is 0 Å². The number of rotatable bonds is 5. The van der Waals surface area contributed by atoms with E-state index in [0.717, 1.165) is 24.1 Å². The van der Waals surface area contributed by atoms with Gasteiger partial charge in [0.05, 0.1) is 11.5 Å². The lowest BCUT2D eigenvalue weighted by Crippen LogP contribution is -2.45. The van der Waals surface area contributed by atoms with E-state index in [1.165, 1.54) is 17.0 Å². The van der Waals surface area contributed by atoms with Crippen LogP contribution in [-0.2, 0) is 28.7 Å². The van der Waals surface area contributed by atoms with Crippen LogP contribution in [0.2, 0.25) is 0 Å². The van der Waals surface area contributed by atoms with E-state index in [1.54, 1.807) is 12.1 Å². The molecule has 1 atom stereocenters. The Hall–Kier alpha value is -3.36. The number of aryl methyl sites for hydroxylation is 1. The van der Waals surface area contributed by atoms with Crippen molar-refractivity contribution < 1.29 is 27.6 Å². The number of nitrogens with one attached hydrogen (secondary N) is 2. The van der Waals surface area contributed by atoms with Crippen molar-refractivity contribution in [3.05, 3.63) is 70.8 Å². The lowest BCUT2D eigenvalue weighted by molar-refractivity contribution is -0.137. The maximum absolute atomic E-state index is 12.9. The molecular weight excluding hydrogens is 411 g/mol. The number of hydrazine groups is 1. The van der Waals surface area contributed by atoms with E-state index < -0.39 is 29.5 Å². The molecule has 3 amide bonds. The molecule has 1 unspecified atom stereocenters. The molecule has 0 saturated carbocycles. The van der Waals surface area contributed by atoms with E-state index in [9.17, 15) is 27.6 Å². The van der Waals surface area contributed by atoms with Gasteiger partial charge in [-0.1, -0.05) is 31.2 Å². The molecule has 9 heteroatoms. The van der Waals surface area contributed by atoms with E-state index in [4.69, 9.17) is 0 Å². The summed E-state index contributed by atoms with van der Waals surface area (Å²) in [7, 11) is 0. The first kappa shape index (κ1) is 22.3. The number of benzene rings is 2. The smallest absolute Gasteiger partial charge is 0.338 e. The molecule has 31 heavy (non-hydrogen) atoms. The summed E-state index contributed by atoms with van der Waals surface area (Å²) in [5, 5.41) is 0. The van der Waals surface area contributed by atoms with Gasteiger partial charge in [0.15, 0.2) is 0 Å². The van der Waals surface area contributed by atoms with Gasteiger partial charge in [0.1, 0.15) is 0 Å². The molecule has 164 valence electrons. The molecule has 3 rings (SSSR count). The molecule has 0 radical (unpaired) electrons. The monoisotopic (exact) mass is 433 g/mol. The second-order valence-electron chi connectivity index (χ2n) is 7.37. The summed E-state index contributed by atoms with van der Waals surface area (Å²) < 4.78 is 38.6. The number of carbonyl (C=O) groups is 3. The van der Waals surface area contributed by atoms with Crippen LogP contribution in [0, 0.1) is 5.92 Å². The fraction of sp³-hybridized carbons (Fsp3) is 0.318. The third kappa shape index (κ3) is 5.62. The lowest BCUT2D eigenvalue weighted by Gasteiger charge is -2.18. The summed E-state index contributed by atoms with van der Waals surface area (Å²) in [6.07, 6.45) is -3.71. The molecule has 1 aliphatic rings. The SMILES string of the molecule is CCc1ccc(C(=O)NNC(=O)C2CC(=O)N(Cc3cccc(C(F)(F)F)c3)C2)cc1. The van der Waals surface area contributed by atoms with Crippen LogP contribution in [0.15, 0.2) is 48.5 Å². The number of alkyl halides is 3. The third-order valence-electron chi connectivity index (χ3n) is 5.14. The van der Waals surface area contributed by atoms with Crippen LogP contribution in [0.1, 0.15) is 40.4 Å². The number of nitrogens with zero attached hydrogens (tertiary/aromatic N) is 1. The van der Waals surface area contributed by atoms with Gasteiger partial charge in [0.2, 0.25) is 11.8 Å². The second-order valence-corrected chi connectivity index (χ2v) is 7.37. The lowest BCUT2D eigenvalue weighted by atomic mass is 10.1. The maximum atomic E-state index is 12.9. The van der Waals surface area contributed by atoms with Crippen LogP contribution in [0.3, 0.4) is 0 Å². The number of hydrogen-bond donors (Lipinski definition) is 2. The van der Waals surface area contributed by atoms with Crippen molar-refractivity contribution in [1.29, 1.82) is 0 Å². The molecule has 1 aliphatic heterocycles. The number of carbonyl (C=O) groups excluding carboxylic acids is 3. The molecule has 2 N–H and O–H groups in total. The van der Waals surface area contributed by atoms with Crippen LogP contribution in [-0.4, -0.2) is 29.2 Å². The summed E-state index contributed by atoms with van der Waals surface area (Å²) >= 11 is 0. The number of amides is 3. The molecule has 6 nitrogen and oxygen atoms in total. The van der Waals surface area contributed by atoms with Gasteiger partial charge >= 0.3 is 6.18 Å². The van der Waals surface area contributed by atoms with Crippen LogP contribution >= 0.6 is 0 Å². The van der Waals surface area contributed by atoms with Crippen LogP contribution in [0.25, 0.3) is 0 Å². The van der Waals surface area contributed by atoms with Crippen LogP contribution < -0.4 is 10.9 Å². The van der Waals surface area contributed by atoms with Crippen molar-refractivity contribution >= 4 is 17.7 Å². The van der Waals surface area contributed by atoms with Crippen molar-refractivity contribution in [1.82, 2.24) is 15.8 Å². The summed E-state index contributed by atoms with van der Waals surface area (Å²) in [6.45, 7) is 2.03. The van der Waals surface area contributed by atoms with Gasteiger partial charge in [-0.15, -0.1) is 0 Å². The predicted octanol–water partition coefficient (Wildman–Crippen LogP) is 3.08. The highest BCUT2D eigenvalue weighted by molar-refractivity contribution is 5.96. The summed E-state index contributed by atoms with van der Waals surface area (Å²) in [5.41, 5.74) is 5.63. The molecule has 0 bridgehead atoms. The van der Waals surface area contributed by atoms with Crippen LogP contribution in [0.4, 0.5) is 13.2 Å². The van der Waals surface area contributed by atoms with Crippen molar-refractivity contribution in [3.63, 3.8) is 0 Å². The minimum Gasteiger partial charge on any atom is -0.338 e. The molecule has 0 aliphatic carbocycles. The van der Waals surface area contributed by atoms with Gasteiger partial charge in [0.25, 0.3) is 5.91 Å². The topological polar surface area (TPSA) is 78.5 Å². The number of halogens is 3.